The number of aliphatic carboxylic acids is 1. The normalized spacial score (nSPS) is 19.9. The number of rotatable bonds is 3. The van der Waals surface area contributed by atoms with Crippen LogP contribution in [0.4, 0.5) is 5.69 Å². The highest BCUT2D eigenvalue weighted by molar-refractivity contribution is 5.75. The fourth-order valence-electron chi connectivity index (χ4n) is 2.58. The second kappa shape index (κ2) is 5.40. The number of aryl methyl sites for hydroxylation is 2. The summed E-state index contributed by atoms with van der Waals surface area (Å²) in [5.41, 5.74) is 3.73. The zero-order valence-corrected chi connectivity index (χ0v) is 10.9. The van der Waals surface area contributed by atoms with Crippen LogP contribution in [0.1, 0.15) is 18.1 Å². The van der Waals surface area contributed by atoms with Gasteiger partial charge in [-0.05, 0) is 24.5 Å². The van der Waals surface area contributed by atoms with Gasteiger partial charge in [0.25, 0.3) is 0 Å². The average molecular weight is 248 g/mol. The molecular formula is C14H20N2O2. The van der Waals surface area contributed by atoms with Crippen LogP contribution in [0.2, 0.25) is 0 Å². The summed E-state index contributed by atoms with van der Waals surface area (Å²) in [5.74, 6) is -0.772. The lowest BCUT2D eigenvalue weighted by Crippen LogP contribution is -2.54. The van der Waals surface area contributed by atoms with Gasteiger partial charge in [0.05, 0.1) is 0 Å². The number of nitrogens with one attached hydrogen (secondary N) is 1. The van der Waals surface area contributed by atoms with Gasteiger partial charge in [-0.2, -0.15) is 0 Å². The zero-order valence-electron chi connectivity index (χ0n) is 10.9. The van der Waals surface area contributed by atoms with Gasteiger partial charge >= 0.3 is 5.97 Å². The molecule has 1 aliphatic rings. The maximum Gasteiger partial charge on any atom is 0.322 e. The van der Waals surface area contributed by atoms with Crippen LogP contribution in [-0.2, 0) is 11.2 Å². The summed E-state index contributed by atoms with van der Waals surface area (Å²) in [5, 5.41) is 12.1. The summed E-state index contributed by atoms with van der Waals surface area (Å²) in [4.78, 5) is 13.3. The number of carboxylic acids is 1. The lowest BCUT2D eigenvalue weighted by molar-refractivity contribution is -0.139. The molecule has 1 aromatic carbocycles. The van der Waals surface area contributed by atoms with Crippen molar-refractivity contribution >= 4 is 11.7 Å². The van der Waals surface area contributed by atoms with Crippen LogP contribution in [0.3, 0.4) is 0 Å². The molecular weight excluding hydrogens is 228 g/mol. The Balaban J connectivity index is 2.28. The molecule has 0 bridgehead atoms. The van der Waals surface area contributed by atoms with Gasteiger partial charge in [0.2, 0.25) is 0 Å². The Hall–Kier alpha value is -1.55. The van der Waals surface area contributed by atoms with E-state index in [1.54, 1.807) is 0 Å². The maximum atomic E-state index is 11.1. The monoisotopic (exact) mass is 248 g/mol. The van der Waals surface area contributed by atoms with E-state index in [-0.39, 0.29) is 0 Å². The van der Waals surface area contributed by atoms with Crippen LogP contribution in [-0.4, -0.2) is 36.8 Å². The molecule has 2 N–H and O–H groups in total. The zero-order chi connectivity index (χ0) is 13.1. The van der Waals surface area contributed by atoms with Gasteiger partial charge in [-0.3, -0.25) is 4.79 Å². The molecule has 0 aliphatic carbocycles. The molecule has 1 unspecified atom stereocenters. The first-order chi connectivity index (χ1) is 8.63. The second-order valence-electron chi connectivity index (χ2n) is 4.73. The van der Waals surface area contributed by atoms with Gasteiger partial charge in [0, 0.05) is 25.3 Å². The molecule has 1 saturated heterocycles. The van der Waals surface area contributed by atoms with Crippen molar-refractivity contribution < 1.29 is 9.90 Å². The number of nitrogens with zero attached hydrogens (tertiary/aromatic N) is 1. The van der Waals surface area contributed by atoms with Crippen LogP contribution in [0.15, 0.2) is 18.2 Å². The van der Waals surface area contributed by atoms with E-state index in [1.165, 1.54) is 16.8 Å². The third-order valence-corrected chi connectivity index (χ3v) is 3.49. The van der Waals surface area contributed by atoms with Gasteiger partial charge < -0.3 is 15.3 Å². The molecule has 0 spiro atoms. The van der Waals surface area contributed by atoms with E-state index in [4.69, 9.17) is 5.11 Å². The highest BCUT2D eigenvalue weighted by Crippen LogP contribution is 2.26. The largest absolute Gasteiger partial charge is 0.480 e. The summed E-state index contributed by atoms with van der Waals surface area (Å²) in [6, 6.07) is 5.81. The highest BCUT2D eigenvalue weighted by Gasteiger charge is 2.26. The first-order valence-corrected chi connectivity index (χ1v) is 6.43. The minimum absolute atomic E-state index is 0.469. The average Bonchev–Trinajstić information content (AvgIpc) is 2.38. The third-order valence-electron chi connectivity index (χ3n) is 3.49. The van der Waals surface area contributed by atoms with Crippen LogP contribution < -0.4 is 10.2 Å². The van der Waals surface area contributed by atoms with Crippen molar-refractivity contribution in [3.05, 3.63) is 29.3 Å². The molecule has 4 heteroatoms. The molecule has 1 atom stereocenters. The highest BCUT2D eigenvalue weighted by atomic mass is 16.4. The molecule has 4 nitrogen and oxygen atoms in total. The summed E-state index contributed by atoms with van der Waals surface area (Å²) < 4.78 is 0. The minimum Gasteiger partial charge on any atom is -0.480 e. The fraction of sp³-hybridized carbons (Fsp3) is 0.500. The van der Waals surface area contributed by atoms with Crippen molar-refractivity contribution in [2.75, 3.05) is 24.5 Å². The molecule has 0 saturated carbocycles. The van der Waals surface area contributed by atoms with E-state index in [0.717, 1.165) is 13.0 Å². The third kappa shape index (κ3) is 2.48. The number of carbonyl (C=O) groups is 1. The Morgan fingerprint density at radius 3 is 3.00 bits per heavy atom. The van der Waals surface area contributed by atoms with E-state index in [1.807, 2.05) is 0 Å². The smallest absolute Gasteiger partial charge is 0.322 e. The Morgan fingerprint density at radius 2 is 2.33 bits per heavy atom. The Labute approximate surface area is 108 Å². The quantitative estimate of drug-likeness (QED) is 0.849. The van der Waals surface area contributed by atoms with Crippen molar-refractivity contribution in [3.63, 3.8) is 0 Å². The maximum absolute atomic E-state index is 11.1. The van der Waals surface area contributed by atoms with Crippen molar-refractivity contribution in [1.82, 2.24) is 5.32 Å². The first kappa shape index (κ1) is 12.9. The molecule has 1 aromatic rings. The number of benzene rings is 1. The summed E-state index contributed by atoms with van der Waals surface area (Å²) in [7, 11) is 0. The molecule has 1 aliphatic heterocycles. The lowest BCUT2D eigenvalue weighted by atomic mass is 10.0. The van der Waals surface area contributed by atoms with Crippen molar-refractivity contribution in [3.8, 4) is 0 Å². The van der Waals surface area contributed by atoms with Crippen molar-refractivity contribution in [2.45, 2.75) is 26.3 Å². The molecule has 18 heavy (non-hydrogen) atoms. The molecule has 2 rings (SSSR count). The number of carboxylic acid groups (broad SMARTS) is 1. The summed E-state index contributed by atoms with van der Waals surface area (Å²) >= 11 is 0. The number of anilines is 1. The fourth-order valence-corrected chi connectivity index (χ4v) is 2.58. The van der Waals surface area contributed by atoms with Gasteiger partial charge in [0.15, 0.2) is 0 Å². The van der Waals surface area contributed by atoms with Crippen LogP contribution in [0, 0.1) is 6.92 Å². The number of piperazine rings is 1. The van der Waals surface area contributed by atoms with E-state index < -0.39 is 12.0 Å². The SMILES string of the molecule is CCc1cccc(C)c1N1CCNC(C(=O)O)C1. The number of para-hydroxylation sites is 1. The molecule has 1 heterocycles. The Bertz CT molecular complexity index is 445. The first-order valence-electron chi connectivity index (χ1n) is 6.43. The van der Waals surface area contributed by atoms with E-state index in [2.05, 4.69) is 42.3 Å². The van der Waals surface area contributed by atoms with Crippen molar-refractivity contribution in [2.24, 2.45) is 0 Å². The van der Waals surface area contributed by atoms with Crippen LogP contribution >= 0.6 is 0 Å². The van der Waals surface area contributed by atoms with E-state index in [9.17, 15) is 4.79 Å². The van der Waals surface area contributed by atoms with Crippen LogP contribution in [0.25, 0.3) is 0 Å². The lowest BCUT2D eigenvalue weighted by Gasteiger charge is -2.35. The Morgan fingerprint density at radius 1 is 1.56 bits per heavy atom. The number of hydrogen-bond acceptors (Lipinski definition) is 3. The summed E-state index contributed by atoms with van der Waals surface area (Å²) in [6.45, 7) is 6.34. The van der Waals surface area contributed by atoms with Gasteiger partial charge in [-0.15, -0.1) is 0 Å². The van der Waals surface area contributed by atoms with Gasteiger partial charge in [0.1, 0.15) is 6.04 Å². The molecule has 0 amide bonds. The predicted octanol–water partition coefficient (Wildman–Crippen LogP) is 1.42. The molecule has 98 valence electrons. The van der Waals surface area contributed by atoms with Gasteiger partial charge in [-0.1, -0.05) is 25.1 Å². The molecule has 0 radical (unpaired) electrons. The predicted molar refractivity (Wildman–Crippen MR) is 72.2 cm³/mol. The Kier molecular flexibility index (Phi) is 3.87. The van der Waals surface area contributed by atoms with E-state index in [0.29, 0.717) is 13.1 Å². The summed E-state index contributed by atoms with van der Waals surface area (Å²) in [6.07, 6.45) is 0.971. The van der Waals surface area contributed by atoms with E-state index >= 15 is 0 Å². The molecule has 0 aromatic heterocycles. The number of hydrogen-bond donors (Lipinski definition) is 2. The second-order valence-corrected chi connectivity index (χ2v) is 4.73. The minimum atomic E-state index is -0.772. The van der Waals surface area contributed by atoms with Crippen LogP contribution in [0.5, 0.6) is 0 Å². The topological polar surface area (TPSA) is 52.6 Å². The van der Waals surface area contributed by atoms with Gasteiger partial charge in [-0.25, -0.2) is 0 Å². The van der Waals surface area contributed by atoms with Crippen molar-refractivity contribution in [1.29, 1.82) is 0 Å². The standard InChI is InChI=1S/C14H20N2O2/c1-3-11-6-4-5-10(2)13(11)16-8-7-15-12(9-16)14(17)18/h4-6,12,15H,3,7-9H2,1-2H3,(H,17,18). The molecule has 1 fully saturated rings.